The highest BCUT2D eigenvalue weighted by molar-refractivity contribution is 7.89. The van der Waals surface area contributed by atoms with Gasteiger partial charge in [0.1, 0.15) is 16.6 Å². The van der Waals surface area contributed by atoms with Crippen molar-refractivity contribution in [1.82, 2.24) is 9.71 Å². The fraction of sp³-hybridized carbons (Fsp3) is 0.375. The Bertz CT molecular complexity index is 549. The molecule has 10 heteroatoms. The number of aromatic nitrogens is 1. The van der Waals surface area contributed by atoms with Crippen molar-refractivity contribution in [2.75, 3.05) is 0 Å². The third kappa shape index (κ3) is 3.23. The van der Waals surface area contributed by atoms with Crippen LogP contribution < -0.4 is 10.5 Å². The zero-order chi connectivity index (χ0) is 14.1. The first-order valence-corrected chi connectivity index (χ1v) is 6.09. The van der Waals surface area contributed by atoms with Gasteiger partial charge in [-0.2, -0.15) is 17.9 Å². The summed E-state index contributed by atoms with van der Waals surface area (Å²) < 4.78 is 61.2. The molecule has 0 unspecified atom stereocenters. The number of primary amides is 1. The number of aromatic amines is 1. The van der Waals surface area contributed by atoms with Crippen LogP contribution in [-0.4, -0.2) is 31.5 Å². The molecule has 0 aliphatic rings. The van der Waals surface area contributed by atoms with Crippen LogP contribution >= 0.6 is 0 Å². The summed E-state index contributed by atoms with van der Waals surface area (Å²) in [5, 5.41) is 0. The van der Waals surface area contributed by atoms with E-state index in [1.807, 2.05) is 0 Å². The Kier molecular flexibility index (Phi) is 3.72. The first-order chi connectivity index (χ1) is 8.04. The van der Waals surface area contributed by atoms with Crippen molar-refractivity contribution in [2.24, 2.45) is 5.73 Å². The molecular weight excluding hydrogens is 275 g/mol. The summed E-state index contributed by atoms with van der Waals surface area (Å²) in [6.07, 6.45) is -3.82. The van der Waals surface area contributed by atoms with Gasteiger partial charge in [0.05, 0.1) is 0 Å². The molecule has 0 aliphatic carbocycles. The average molecular weight is 285 g/mol. The Labute approximate surface area is 100 Å². The van der Waals surface area contributed by atoms with Gasteiger partial charge in [-0.25, -0.2) is 8.42 Å². The molecule has 1 atom stereocenters. The van der Waals surface area contributed by atoms with E-state index in [0.717, 1.165) is 12.3 Å². The van der Waals surface area contributed by atoms with E-state index >= 15 is 0 Å². The summed E-state index contributed by atoms with van der Waals surface area (Å²) in [7, 11) is -4.36. The van der Waals surface area contributed by atoms with Gasteiger partial charge in [0.25, 0.3) is 5.91 Å². The van der Waals surface area contributed by atoms with Gasteiger partial charge < -0.3 is 10.7 Å². The Morgan fingerprint density at radius 1 is 1.50 bits per heavy atom. The van der Waals surface area contributed by atoms with Crippen molar-refractivity contribution in [3.05, 3.63) is 18.0 Å². The van der Waals surface area contributed by atoms with Gasteiger partial charge in [-0.05, 0) is 13.0 Å². The summed E-state index contributed by atoms with van der Waals surface area (Å²) >= 11 is 0. The number of amides is 1. The maximum absolute atomic E-state index is 12.2. The lowest BCUT2D eigenvalue weighted by atomic mass is 10.4. The largest absolute Gasteiger partial charge is 0.404 e. The SMILES string of the molecule is C[C@H](NS(=O)(=O)c1c[nH]c(C(N)=O)c1)C(F)(F)F. The van der Waals surface area contributed by atoms with Crippen LogP contribution in [0.25, 0.3) is 0 Å². The van der Waals surface area contributed by atoms with Crippen LogP contribution in [0.5, 0.6) is 0 Å². The van der Waals surface area contributed by atoms with E-state index < -0.39 is 33.0 Å². The van der Waals surface area contributed by atoms with Crippen LogP contribution in [0.3, 0.4) is 0 Å². The van der Waals surface area contributed by atoms with Gasteiger partial charge in [0.2, 0.25) is 10.0 Å². The van der Waals surface area contributed by atoms with Gasteiger partial charge in [-0.15, -0.1) is 0 Å². The van der Waals surface area contributed by atoms with Crippen LogP contribution in [0.2, 0.25) is 0 Å². The summed E-state index contributed by atoms with van der Waals surface area (Å²) in [6, 6.07) is -1.39. The Hall–Kier alpha value is -1.55. The van der Waals surface area contributed by atoms with Gasteiger partial charge in [0, 0.05) is 6.20 Å². The molecule has 0 spiro atoms. The molecule has 102 valence electrons. The molecule has 0 bridgehead atoms. The first-order valence-electron chi connectivity index (χ1n) is 4.61. The highest BCUT2D eigenvalue weighted by Crippen LogP contribution is 2.21. The molecule has 0 fully saturated rings. The number of nitrogens with one attached hydrogen (secondary N) is 2. The number of carbonyl (C=O) groups excluding carboxylic acids is 1. The first kappa shape index (κ1) is 14.5. The fourth-order valence-electron chi connectivity index (χ4n) is 1.04. The standard InChI is InChI=1S/C8H10F3N3O3S/c1-4(8(9,10)11)14-18(16,17)5-2-6(7(12)15)13-3-5/h2-4,13-14H,1H3,(H2,12,15)/t4-/m0/s1. The smallest absolute Gasteiger partial charge is 0.364 e. The monoisotopic (exact) mass is 285 g/mol. The molecule has 1 rings (SSSR count). The predicted molar refractivity (Wildman–Crippen MR) is 55.1 cm³/mol. The number of alkyl halides is 3. The van der Waals surface area contributed by atoms with Crippen LogP contribution in [0.4, 0.5) is 13.2 Å². The van der Waals surface area contributed by atoms with E-state index in [2.05, 4.69) is 4.98 Å². The van der Waals surface area contributed by atoms with Crippen LogP contribution in [0, 0.1) is 0 Å². The molecule has 1 aromatic heterocycles. The molecule has 0 saturated carbocycles. The van der Waals surface area contributed by atoms with Gasteiger partial charge in [0.15, 0.2) is 0 Å². The molecule has 0 aliphatic heterocycles. The molecule has 1 heterocycles. The lowest BCUT2D eigenvalue weighted by Gasteiger charge is -2.16. The predicted octanol–water partition coefficient (Wildman–Crippen LogP) is 0.343. The van der Waals surface area contributed by atoms with Gasteiger partial charge >= 0.3 is 6.18 Å². The molecule has 6 nitrogen and oxygen atoms in total. The molecule has 0 saturated heterocycles. The second-order valence-corrected chi connectivity index (χ2v) is 5.21. The summed E-state index contributed by atoms with van der Waals surface area (Å²) in [6.45, 7) is 0.666. The number of carbonyl (C=O) groups is 1. The van der Waals surface area contributed by atoms with E-state index in [0.29, 0.717) is 6.92 Å². The maximum atomic E-state index is 12.2. The second kappa shape index (κ2) is 4.61. The normalized spacial score (nSPS) is 14.4. The van der Waals surface area contributed by atoms with Gasteiger partial charge in [-0.3, -0.25) is 4.79 Å². The third-order valence-corrected chi connectivity index (χ3v) is 3.58. The number of hydrogen-bond acceptors (Lipinski definition) is 3. The highest BCUT2D eigenvalue weighted by Gasteiger charge is 2.39. The minimum absolute atomic E-state index is 0.213. The topological polar surface area (TPSA) is 105 Å². The quantitative estimate of drug-likeness (QED) is 0.743. The second-order valence-electron chi connectivity index (χ2n) is 3.50. The van der Waals surface area contributed by atoms with Crippen LogP contribution in [-0.2, 0) is 10.0 Å². The zero-order valence-electron chi connectivity index (χ0n) is 9.08. The number of hydrogen-bond donors (Lipinski definition) is 3. The Morgan fingerprint density at radius 2 is 2.06 bits per heavy atom. The third-order valence-electron chi connectivity index (χ3n) is 2.06. The van der Waals surface area contributed by atoms with E-state index in [4.69, 9.17) is 5.73 Å². The lowest BCUT2D eigenvalue weighted by Crippen LogP contribution is -2.42. The van der Waals surface area contributed by atoms with Crippen molar-refractivity contribution in [2.45, 2.75) is 24.0 Å². The Balaban J connectivity index is 2.96. The molecule has 18 heavy (non-hydrogen) atoms. The molecule has 0 aromatic carbocycles. The minimum Gasteiger partial charge on any atom is -0.364 e. The molecule has 4 N–H and O–H groups in total. The van der Waals surface area contributed by atoms with E-state index in [1.165, 1.54) is 4.72 Å². The number of nitrogens with two attached hydrogens (primary N) is 1. The average Bonchev–Trinajstić information content (AvgIpc) is 2.64. The number of sulfonamides is 1. The van der Waals surface area contributed by atoms with Crippen molar-refractivity contribution in [3.8, 4) is 0 Å². The molecular formula is C8H10F3N3O3S. The van der Waals surface area contributed by atoms with Gasteiger partial charge in [-0.1, -0.05) is 0 Å². The highest BCUT2D eigenvalue weighted by atomic mass is 32.2. The van der Waals surface area contributed by atoms with Crippen molar-refractivity contribution < 1.29 is 26.4 Å². The van der Waals surface area contributed by atoms with Crippen LogP contribution in [0.15, 0.2) is 17.2 Å². The van der Waals surface area contributed by atoms with Crippen molar-refractivity contribution in [1.29, 1.82) is 0 Å². The molecule has 0 radical (unpaired) electrons. The summed E-state index contributed by atoms with van der Waals surface area (Å²) in [4.78, 5) is 12.5. The van der Waals surface area contributed by atoms with Crippen LogP contribution in [0.1, 0.15) is 17.4 Å². The van der Waals surface area contributed by atoms with E-state index in [9.17, 15) is 26.4 Å². The maximum Gasteiger partial charge on any atom is 0.404 e. The molecule has 1 aromatic rings. The van der Waals surface area contributed by atoms with E-state index in [1.54, 1.807) is 0 Å². The van der Waals surface area contributed by atoms with Crippen molar-refractivity contribution >= 4 is 15.9 Å². The lowest BCUT2D eigenvalue weighted by molar-refractivity contribution is -0.147. The fourth-order valence-corrected chi connectivity index (χ4v) is 2.26. The minimum atomic E-state index is -4.70. The zero-order valence-corrected chi connectivity index (χ0v) is 9.89. The number of rotatable bonds is 4. The summed E-state index contributed by atoms with van der Waals surface area (Å²) in [5.74, 6) is -0.916. The number of H-pyrrole nitrogens is 1. The van der Waals surface area contributed by atoms with Crippen molar-refractivity contribution in [3.63, 3.8) is 0 Å². The summed E-state index contributed by atoms with van der Waals surface area (Å²) in [5.41, 5.74) is 4.66. The van der Waals surface area contributed by atoms with E-state index in [-0.39, 0.29) is 5.69 Å². The number of halogens is 3. The Morgan fingerprint density at radius 3 is 2.44 bits per heavy atom. The molecule has 1 amide bonds.